The molecule has 0 radical (unpaired) electrons. The van der Waals surface area contributed by atoms with E-state index in [1.807, 2.05) is 6.92 Å². The summed E-state index contributed by atoms with van der Waals surface area (Å²) in [4.78, 5) is 25.4. The summed E-state index contributed by atoms with van der Waals surface area (Å²) in [6.07, 6.45) is 0.470. The number of benzene rings is 1. The normalized spacial score (nSPS) is 22.0. The minimum absolute atomic E-state index is 0.0708. The Kier molecular flexibility index (Phi) is 4.73. The molecule has 1 aromatic carbocycles. The van der Waals surface area contributed by atoms with E-state index in [0.29, 0.717) is 35.8 Å². The number of amides is 1. The van der Waals surface area contributed by atoms with Gasteiger partial charge in [0, 0.05) is 18.1 Å². The van der Waals surface area contributed by atoms with Crippen molar-refractivity contribution < 1.29 is 19.4 Å². The van der Waals surface area contributed by atoms with Crippen molar-refractivity contribution >= 4 is 23.5 Å². The highest BCUT2D eigenvalue weighted by atomic mass is 35.5. The molecule has 1 aromatic rings. The first-order valence-corrected chi connectivity index (χ1v) is 7.17. The van der Waals surface area contributed by atoms with Crippen LogP contribution in [0.5, 0.6) is 5.75 Å². The van der Waals surface area contributed by atoms with Crippen molar-refractivity contribution in [3.63, 3.8) is 0 Å². The number of carbonyl (C=O) groups is 2. The van der Waals surface area contributed by atoms with Crippen LogP contribution in [-0.2, 0) is 4.79 Å². The standard InChI is InChI=1S/C15H18ClNO4/c1-9-8-17(6-5-11(9)15(19)20)14(18)12-4-3-10(16)7-13(12)21-2/h3-4,7,9,11H,5-6,8H2,1-2H3,(H,19,20). The molecular weight excluding hydrogens is 294 g/mol. The van der Waals surface area contributed by atoms with E-state index in [-0.39, 0.29) is 17.7 Å². The van der Waals surface area contributed by atoms with Gasteiger partial charge in [-0.2, -0.15) is 0 Å². The molecule has 0 aliphatic carbocycles. The van der Waals surface area contributed by atoms with Crippen molar-refractivity contribution in [1.82, 2.24) is 4.90 Å². The van der Waals surface area contributed by atoms with Gasteiger partial charge in [-0.3, -0.25) is 9.59 Å². The predicted molar refractivity (Wildman–Crippen MR) is 78.8 cm³/mol. The van der Waals surface area contributed by atoms with Gasteiger partial charge in [-0.25, -0.2) is 0 Å². The molecule has 1 heterocycles. The number of ether oxygens (including phenoxy) is 1. The number of hydrogen-bond donors (Lipinski definition) is 1. The largest absolute Gasteiger partial charge is 0.496 e. The topological polar surface area (TPSA) is 66.8 Å². The van der Waals surface area contributed by atoms with Crippen molar-refractivity contribution in [3.05, 3.63) is 28.8 Å². The van der Waals surface area contributed by atoms with E-state index in [0.717, 1.165) is 0 Å². The Hall–Kier alpha value is -1.75. The number of rotatable bonds is 3. The number of carbonyl (C=O) groups excluding carboxylic acids is 1. The molecule has 2 unspecified atom stereocenters. The first-order valence-electron chi connectivity index (χ1n) is 6.79. The van der Waals surface area contributed by atoms with Crippen molar-refractivity contribution in [3.8, 4) is 5.75 Å². The Labute approximate surface area is 128 Å². The summed E-state index contributed by atoms with van der Waals surface area (Å²) in [6.45, 7) is 2.73. The summed E-state index contributed by atoms with van der Waals surface area (Å²) >= 11 is 5.89. The van der Waals surface area contributed by atoms with E-state index < -0.39 is 5.97 Å². The molecule has 1 aliphatic heterocycles. The van der Waals surface area contributed by atoms with Crippen LogP contribution >= 0.6 is 11.6 Å². The highest BCUT2D eigenvalue weighted by molar-refractivity contribution is 6.30. The van der Waals surface area contributed by atoms with Gasteiger partial charge in [-0.15, -0.1) is 0 Å². The van der Waals surface area contributed by atoms with Crippen molar-refractivity contribution in [2.75, 3.05) is 20.2 Å². The third-order valence-electron chi connectivity index (χ3n) is 3.90. The zero-order chi connectivity index (χ0) is 15.6. The Morgan fingerprint density at radius 3 is 2.71 bits per heavy atom. The van der Waals surface area contributed by atoms with Gasteiger partial charge in [0.25, 0.3) is 5.91 Å². The number of halogens is 1. The third kappa shape index (κ3) is 3.29. The zero-order valence-electron chi connectivity index (χ0n) is 12.0. The first kappa shape index (κ1) is 15.6. The van der Waals surface area contributed by atoms with Crippen LogP contribution in [0.4, 0.5) is 0 Å². The molecule has 2 atom stereocenters. The van der Waals surface area contributed by atoms with E-state index in [9.17, 15) is 9.59 Å². The summed E-state index contributed by atoms with van der Waals surface area (Å²) in [5, 5.41) is 9.63. The van der Waals surface area contributed by atoms with Crippen molar-refractivity contribution in [2.45, 2.75) is 13.3 Å². The molecule has 1 aliphatic rings. The molecule has 1 saturated heterocycles. The maximum Gasteiger partial charge on any atom is 0.306 e. The van der Waals surface area contributed by atoms with Gasteiger partial charge >= 0.3 is 5.97 Å². The number of piperidine rings is 1. The lowest BCUT2D eigenvalue weighted by Crippen LogP contribution is -2.45. The van der Waals surface area contributed by atoms with Gasteiger partial charge in [0.1, 0.15) is 5.75 Å². The maximum absolute atomic E-state index is 12.6. The minimum atomic E-state index is -0.793. The Morgan fingerprint density at radius 2 is 2.14 bits per heavy atom. The Balaban J connectivity index is 2.17. The van der Waals surface area contributed by atoms with E-state index in [4.69, 9.17) is 21.4 Å². The van der Waals surface area contributed by atoms with Gasteiger partial charge in [0.05, 0.1) is 18.6 Å². The lowest BCUT2D eigenvalue weighted by Gasteiger charge is -2.35. The van der Waals surface area contributed by atoms with Gasteiger partial charge in [0.2, 0.25) is 0 Å². The maximum atomic E-state index is 12.6. The highest BCUT2D eigenvalue weighted by Gasteiger charge is 2.33. The average Bonchev–Trinajstić information content (AvgIpc) is 2.45. The quantitative estimate of drug-likeness (QED) is 0.931. The number of hydrogen-bond acceptors (Lipinski definition) is 3. The molecule has 2 rings (SSSR count). The van der Waals surface area contributed by atoms with Crippen molar-refractivity contribution in [2.24, 2.45) is 11.8 Å². The molecule has 21 heavy (non-hydrogen) atoms. The molecule has 0 saturated carbocycles. The van der Waals surface area contributed by atoms with Crippen LogP contribution in [0.1, 0.15) is 23.7 Å². The number of carboxylic acids is 1. The molecule has 6 heteroatoms. The molecule has 5 nitrogen and oxygen atoms in total. The summed E-state index contributed by atoms with van der Waals surface area (Å²) < 4.78 is 5.20. The number of carboxylic acid groups (broad SMARTS) is 1. The second-order valence-electron chi connectivity index (χ2n) is 5.31. The fraction of sp³-hybridized carbons (Fsp3) is 0.467. The fourth-order valence-electron chi connectivity index (χ4n) is 2.71. The van der Waals surface area contributed by atoms with Gasteiger partial charge < -0.3 is 14.7 Å². The van der Waals surface area contributed by atoms with Crippen LogP contribution in [0.25, 0.3) is 0 Å². The number of methoxy groups -OCH3 is 1. The monoisotopic (exact) mass is 311 g/mol. The van der Waals surface area contributed by atoms with Crippen LogP contribution < -0.4 is 4.74 Å². The first-order chi connectivity index (χ1) is 9.93. The highest BCUT2D eigenvalue weighted by Crippen LogP contribution is 2.28. The summed E-state index contributed by atoms with van der Waals surface area (Å²) in [6, 6.07) is 4.88. The van der Waals surface area contributed by atoms with E-state index in [1.54, 1.807) is 23.1 Å². The molecular formula is C15H18ClNO4. The second kappa shape index (κ2) is 6.35. The van der Waals surface area contributed by atoms with Crippen LogP contribution in [0.15, 0.2) is 18.2 Å². The van der Waals surface area contributed by atoms with Gasteiger partial charge in [0.15, 0.2) is 0 Å². The number of likely N-dealkylation sites (tertiary alicyclic amines) is 1. The minimum Gasteiger partial charge on any atom is -0.496 e. The zero-order valence-corrected chi connectivity index (χ0v) is 12.8. The second-order valence-corrected chi connectivity index (χ2v) is 5.74. The molecule has 1 fully saturated rings. The van der Waals surface area contributed by atoms with Gasteiger partial charge in [-0.1, -0.05) is 18.5 Å². The molecule has 0 aromatic heterocycles. The van der Waals surface area contributed by atoms with E-state index in [2.05, 4.69) is 0 Å². The Morgan fingerprint density at radius 1 is 1.43 bits per heavy atom. The van der Waals surface area contributed by atoms with Crippen LogP contribution in [0.3, 0.4) is 0 Å². The fourth-order valence-corrected chi connectivity index (χ4v) is 2.87. The molecule has 114 valence electrons. The number of aliphatic carboxylic acids is 1. The summed E-state index contributed by atoms with van der Waals surface area (Å²) in [7, 11) is 1.49. The average molecular weight is 312 g/mol. The van der Waals surface area contributed by atoms with Crippen LogP contribution in [-0.4, -0.2) is 42.1 Å². The van der Waals surface area contributed by atoms with Crippen LogP contribution in [0, 0.1) is 11.8 Å². The molecule has 1 N–H and O–H groups in total. The lowest BCUT2D eigenvalue weighted by atomic mass is 9.87. The third-order valence-corrected chi connectivity index (χ3v) is 4.14. The van der Waals surface area contributed by atoms with E-state index >= 15 is 0 Å². The molecule has 0 bridgehead atoms. The molecule has 0 spiro atoms. The molecule has 1 amide bonds. The SMILES string of the molecule is COc1cc(Cl)ccc1C(=O)N1CCC(C(=O)O)C(C)C1. The smallest absolute Gasteiger partial charge is 0.306 e. The Bertz CT molecular complexity index is 561. The van der Waals surface area contributed by atoms with Gasteiger partial charge in [-0.05, 0) is 30.5 Å². The number of nitrogens with zero attached hydrogens (tertiary/aromatic N) is 1. The van der Waals surface area contributed by atoms with E-state index in [1.165, 1.54) is 7.11 Å². The lowest BCUT2D eigenvalue weighted by molar-refractivity contribution is -0.145. The van der Waals surface area contributed by atoms with Crippen molar-refractivity contribution in [1.29, 1.82) is 0 Å². The summed E-state index contributed by atoms with van der Waals surface area (Å²) in [5.41, 5.74) is 0.447. The summed E-state index contributed by atoms with van der Waals surface area (Å²) in [5.74, 6) is -0.974. The van der Waals surface area contributed by atoms with Crippen LogP contribution in [0.2, 0.25) is 5.02 Å². The predicted octanol–water partition coefficient (Wildman–Crippen LogP) is 2.53.